The van der Waals surface area contributed by atoms with E-state index >= 15 is 0 Å². The van der Waals surface area contributed by atoms with Crippen molar-refractivity contribution in [2.45, 2.75) is 106 Å². The van der Waals surface area contributed by atoms with Crippen LogP contribution in [0.3, 0.4) is 0 Å². The Labute approximate surface area is 249 Å². The van der Waals surface area contributed by atoms with Crippen molar-refractivity contribution in [2.75, 3.05) is 19.8 Å². The molecule has 2 rings (SSSR count). The van der Waals surface area contributed by atoms with Crippen LogP contribution in [0.2, 0.25) is 0 Å². The number of unbranched alkanes of at least 4 members (excludes halogenated alkanes) is 3. The summed E-state index contributed by atoms with van der Waals surface area (Å²) < 4.78 is 34.3. The summed E-state index contributed by atoms with van der Waals surface area (Å²) in [5.74, 6) is 0.583. The lowest BCUT2D eigenvalue weighted by molar-refractivity contribution is -0.116. The van der Waals surface area contributed by atoms with Gasteiger partial charge in [0.05, 0.1) is 6.61 Å². The largest absolute Gasteiger partial charge is 0.494 e. The highest BCUT2D eigenvalue weighted by atomic mass is 19.3. The molecule has 236 valence electrons. The van der Waals surface area contributed by atoms with Gasteiger partial charge in [-0.25, -0.2) is 14.3 Å². The maximum Gasteiger partial charge on any atom is 0.241 e. The molecular weight excluding hydrogens is 524 g/mol. The Morgan fingerprint density at radius 2 is 1.27 bits per heavy atom. The average molecular weight is 582 g/mol. The maximum absolute atomic E-state index is 11.7. The number of hydroxylamine groups is 1. The van der Waals surface area contributed by atoms with Gasteiger partial charge in [-0.2, -0.15) is 0 Å². The molecule has 0 bridgehead atoms. The minimum atomic E-state index is -2.16. The zero-order valence-corrected chi connectivity index (χ0v) is 26.6. The number of ether oxygens (including phenoxy) is 2. The first-order chi connectivity index (χ1) is 19.7. The highest BCUT2D eigenvalue weighted by molar-refractivity contribution is 5.64. The third-order valence-corrected chi connectivity index (χ3v) is 6.18. The summed E-state index contributed by atoms with van der Waals surface area (Å²) in [5.41, 5.74) is 5.20. The monoisotopic (exact) mass is 581 g/mol. The molecule has 0 aliphatic heterocycles. The summed E-state index contributed by atoms with van der Waals surface area (Å²) in [6.45, 7) is 16.5. The number of alkyl halides is 2. The Hall–Kier alpha value is -2.51. The predicted octanol–water partition coefficient (Wildman–Crippen LogP) is 9.75. The first kappa shape index (κ1) is 40.6. The normalized spacial score (nSPS) is 10.8. The van der Waals surface area contributed by atoms with E-state index in [4.69, 9.17) is 19.5 Å². The van der Waals surface area contributed by atoms with Crippen LogP contribution < -0.4 is 10.2 Å². The molecule has 7 heteroatoms. The number of carbonyl (C=O) groups excluding carboxylic acids is 1. The van der Waals surface area contributed by atoms with Crippen molar-refractivity contribution in [2.24, 2.45) is 11.8 Å². The number of rotatable bonds is 16. The Kier molecular flexibility index (Phi) is 28.7. The summed E-state index contributed by atoms with van der Waals surface area (Å²) in [5, 5.41) is 7.26. The second-order valence-corrected chi connectivity index (χ2v) is 10.2. The van der Waals surface area contributed by atoms with Gasteiger partial charge in [0, 0.05) is 19.1 Å². The number of aryl methyl sites for hydroxylation is 1. The smallest absolute Gasteiger partial charge is 0.241 e. The zero-order valence-electron chi connectivity index (χ0n) is 26.6. The van der Waals surface area contributed by atoms with E-state index in [9.17, 15) is 8.78 Å². The minimum Gasteiger partial charge on any atom is -0.494 e. The highest BCUT2D eigenvalue weighted by Crippen LogP contribution is 2.23. The fourth-order valence-electron chi connectivity index (χ4n) is 3.20. The molecule has 2 N–H and O–H groups in total. The van der Waals surface area contributed by atoms with E-state index in [1.54, 1.807) is 20.8 Å². The molecule has 0 fully saturated rings. The van der Waals surface area contributed by atoms with Gasteiger partial charge in [0.15, 0.2) is 0 Å². The van der Waals surface area contributed by atoms with Gasteiger partial charge in [0.1, 0.15) is 5.75 Å². The van der Waals surface area contributed by atoms with E-state index < -0.39 is 12.3 Å². The van der Waals surface area contributed by atoms with Crippen molar-refractivity contribution in [3.05, 3.63) is 54.1 Å². The van der Waals surface area contributed by atoms with Crippen LogP contribution in [0.25, 0.3) is 11.1 Å². The molecule has 0 aliphatic carbocycles. The number of nitrogens with one attached hydrogen (secondary N) is 1. The molecule has 5 nitrogen and oxygen atoms in total. The van der Waals surface area contributed by atoms with Crippen LogP contribution in [0.4, 0.5) is 8.78 Å². The van der Waals surface area contributed by atoms with Gasteiger partial charge >= 0.3 is 0 Å². The lowest BCUT2D eigenvalue weighted by Crippen LogP contribution is -2.12. The van der Waals surface area contributed by atoms with Crippen LogP contribution in [0.1, 0.15) is 99.0 Å². The van der Waals surface area contributed by atoms with Crippen molar-refractivity contribution < 1.29 is 28.3 Å². The Bertz CT molecular complexity index is 751. The summed E-state index contributed by atoms with van der Waals surface area (Å²) in [6, 6.07) is 17.3. The maximum atomic E-state index is 11.7. The van der Waals surface area contributed by atoms with Crippen LogP contribution in [0, 0.1) is 11.8 Å². The molecule has 0 saturated carbocycles. The SMILES string of the molecule is CC(C)C(C)C(F)F.CCCCCOCCC.CCCCc1ccc(-c2ccc(OCCC)cc2)cc1.O=CNO. The van der Waals surface area contributed by atoms with Crippen LogP contribution in [0.5, 0.6) is 5.75 Å². The average Bonchev–Trinajstić information content (AvgIpc) is 2.99. The van der Waals surface area contributed by atoms with E-state index in [0.29, 0.717) is 0 Å². The lowest BCUT2D eigenvalue weighted by Gasteiger charge is -2.12. The molecule has 2 aromatic rings. The second kappa shape index (κ2) is 29.0. The summed E-state index contributed by atoms with van der Waals surface area (Å²) in [7, 11) is 0. The van der Waals surface area contributed by atoms with E-state index in [2.05, 4.69) is 76.2 Å². The lowest BCUT2D eigenvalue weighted by atomic mass is 9.99. The first-order valence-corrected chi connectivity index (χ1v) is 15.2. The molecule has 0 saturated heterocycles. The molecule has 1 atom stereocenters. The molecule has 2 aromatic carbocycles. The van der Waals surface area contributed by atoms with Crippen molar-refractivity contribution >= 4 is 6.41 Å². The third-order valence-electron chi connectivity index (χ3n) is 6.18. The van der Waals surface area contributed by atoms with E-state index in [1.807, 2.05) is 0 Å². The number of halogens is 2. The van der Waals surface area contributed by atoms with Crippen LogP contribution >= 0.6 is 0 Å². The van der Waals surface area contributed by atoms with Gasteiger partial charge in [0.2, 0.25) is 12.8 Å². The van der Waals surface area contributed by atoms with Crippen LogP contribution in [0.15, 0.2) is 48.5 Å². The van der Waals surface area contributed by atoms with Gasteiger partial charge in [0.25, 0.3) is 0 Å². The molecule has 41 heavy (non-hydrogen) atoms. The number of hydrogen-bond acceptors (Lipinski definition) is 4. The molecule has 0 aliphatic rings. The summed E-state index contributed by atoms with van der Waals surface area (Å²) in [6.07, 6.45) is 7.74. The predicted molar refractivity (Wildman–Crippen MR) is 168 cm³/mol. The molecular formula is C34H57F2NO4. The standard InChI is InChI=1S/C19H24O.C8H18O.C6H12F2.CH3NO2/c1-3-5-6-16-7-9-17(10-8-16)18-11-13-19(14-12-18)20-15-4-2;1-3-5-6-8-9-7-4-2;1-4(2)5(3)6(7)8;3-1-2-4/h7-14H,3-6,15H2,1-2H3;3-8H2,1-2H3;4-6H,1-3H3;1,4H,(H,2,3). The van der Waals surface area contributed by atoms with Crippen LogP contribution in [-0.2, 0) is 16.0 Å². The molecule has 0 heterocycles. The van der Waals surface area contributed by atoms with Gasteiger partial charge in [-0.3, -0.25) is 10.0 Å². The Morgan fingerprint density at radius 3 is 1.66 bits per heavy atom. The van der Waals surface area contributed by atoms with Gasteiger partial charge < -0.3 is 9.47 Å². The fourth-order valence-corrected chi connectivity index (χ4v) is 3.20. The zero-order chi connectivity index (χ0) is 31.3. The van der Waals surface area contributed by atoms with E-state index in [1.165, 1.54) is 60.7 Å². The minimum absolute atomic E-state index is 0.0926. The number of hydrogen-bond donors (Lipinski definition) is 2. The van der Waals surface area contributed by atoms with Gasteiger partial charge in [-0.15, -0.1) is 0 Å². The Balaban J connectivity index is 0. The molecule has 0 radical (unpaired) electrons. The number of benzene rings is 2. The molecule has 1 unspecified atom stereocenters. The molecule has 1 amide bonds. The quantitative estimate of drug-likeness (QED) is 0.0896. The summed E-state index contributed by atoms with van der Waals surface area (Å²) >= 11 is 0. The van der Waals surface area contributed by atoms with Crippen LogP contribution in [-0.4, -0.2) is 37.9 Å². The van der Waals surface area contributed by atoms with E-state index in [-0.39, 0.29) is 12.3 Å². The topological polar surface area (TPSA) is 67.8 Å². The molecule has 0 aromatic heterocycles. The van der Waals surface area contributed by atoms with E-state index in [0.717, 1.165) is 38.4 Å². The van der Waals surface area contributed by atoms with Crippen molar-refractivity contribution in [3.8, 4) is 16.9 Å². The highest BCUT2D eigenvalue weighted by Gasteiger charge is 2.17. The second-order valence-electron chi connectivity index (χ2n) is 10.2. The fraction of sp³-hybridized carbons (Fsp3) is 0.618. The summed E-state index contributed by atoms with van der Waals surface area (Å²) in [4.78, 5) is 8.81. The van der Waals surface area contributed by atoms with Gasteiger partial charge in [-0.1, -0.05) is 104 Å². The number of amides is 1. The third kappa shape index (κ3) is 23.9. The molecule has 0 spiro atoms. The first-order valence-electron chi connectivity index (χ1n) is 15.2. The van der Waals surface area contributed by atoms with Crippen molar-refractivity contribution in [3.63, 3.8) is 0 Å². The Morgan fingerprint density at radius 1 is 0.756 bits per heavy atom. The van der Waals surface area contributed by atoms with Crippen molar-refractivity contribution in [1.82, 2.24) is 5.48 Å². The van der Waals surface area contributed by atoms with Crippen molar-refractivity contribution in [1.29, 1.82) is 0 Å². The van der Waals surface area contributed by atoms with Gasteiger partial charge in [-0.05, 0) is 66.8 Å². The number of carbonyl (C=O) groups is 1.